The van der Waals surface area contributed by atoms with Crippen molar-refractivity contribution in [1.29, 1.82) is 0 Å². The number of fused-ring (bicyclic) bond motifs is 2. The highest BCUT2D eigenvalue weighted by Crippen LogP contribution is 2.42. The Hall–Kier alpha value is -2.47. The summed E-state index contributed by atoms with van der Waals surface area (Å²) >= 11 is 0. The Bertz CT molecular complexity index is 886. The first-order valence-corrected chi connectivity index (χ1v) is 8.85. The minimum absolute atomic E-state index is 0.0885. The molecule has 0 amide bonds. The lowest BCUT2D eigenvalue weighted by molar-refractivity contribution is -0.916. The van der Waals surface area contributed by atoms with Crippen molar-refractivity contribution >= 4 is 6.08 Å². The summed E-state index contributed by atoms with van der Waals surface area (Å²) in [6, 6.07) is 9.42. The van der Waals surface area contributed by atoms with Crippen molar-refractivity contribution in [3.8, 4) is 11.5 Å². The van der Waals surface area contributed by atoms with E-state index in [1.165, 1.54) is 23.3 Å². The second-order valence-corrected chi connectivity index (χ2v) is 7.58. The molecule has 0 bridgehead atoms. The number of halogens is 3. The van der Waals surface area contributed by atoms with Crippen LogP contribution < -0.4 is 9.47 Å². The van der Waals surface area contributed by atoms with Gasteiger partial charge in [-0.1, -0.05) is 18.2 Å². The summed E-state index contributed by atoms with van der Waals surface area (Å²) in [5.41, 5.74) is 2.53. The van der Waals surface area contributed by atoms with Gasteiger partial charge in [0.1, 0.15) is 6.04 Å². The average Bonchev–Trinajstić information content (AvgIpc) is 3.06. The van der Waals surface area contributed by atoms with Crippen LogP contribution in [0.2, 0.25) is 0 Å². The Labute approximate surface area is 156 Å². The maximum Gasteiger partial charge on any atom is 0.416 e. The Morgan fingerprint density at radius 2 is 1.70 bits per heavy atom. The van der Waals surface area contributed by atoms with Crippen LogP contribution in [0.15, 0.2) is 42.5 Å². The van der Waals surface area contributed by atoms with Crippen molar-refractivity contribution in [2.45, 2.75) is 18.6 Å². The molecule has 0 saturated carbocycles. The minimum atomic E-state index is -4.31. The largest absolute Gasteiger partial charge is 0.454 e. The number of hydrogen-bond acceptors (Lipinski definition) is 2. The number of nitrogens with zero attached hydrogens (tertiary/aromatic N) is 1. The van der Waals surface area contributed by atoms with Crippen molar-refractivity contribution in [1.82, 2.24) is 0 Å². The van der Waals surface area contributed by atoms with Crippen LogP contribution in [-0.4, -0.2) is 31.9 Å². The maximum absolute atomic E-state index is 12.7. The summed E-state index contributed by atoms with van der Waals surface area (Å²) in [7, 11) is 4.32. The van der Waals surface area contributed by atoms with Gasteiger partial charge >= 0.3 is 6.18 Å². The van der Waals surface area contributed by atoms with Crippen molar-refractivity contribution in [3.05, 3.63) is 64.7 Å². The van der Waals surface area contributed by atoms with Gasteiger partial charge in [-0.25, -0.2) is 0 Å². The van der Waals surface area contributed by atoms with Gasteiger partial charge in [0.05, 0.1) is 26.2 Å². The molecule has 142 valence electrons. The summed E-state index contributed by atoms with van der Waals surface area (Å²) < 4.78 is 50.0. The van der Waals surface area contributed by atoms with Gasteiger partial charge in [-0.3, -0.25) is 0 Å². The Kier molecular flexibility index (Phi) is 4.18. The number of rotatable bonds is 2. The summed E-state index contributed by atoms with van der Waals surface area (Å²) in [6.07, 6.45) is 0.600. The lowest BCUT2D eigenvalue weighted by Crippen LogP contribution is -2.47. The summed E-state index contributed by atoms with van der Waals surface area (Å²) in [5.74, 6) is 1.54. The summed E-state index contributed by atoms with van der Waals surface area (Å²) in [5, 5.41) is 0. The van der Waals surface area contributed by atoms with E-state index in [-0.39, 0.29) is 12.8 Å². The van der Waals surface area contributed by atoms with Gasteiger partial charge in [0, 0.05) is 12.0 Å². The van der Waals surface area contributed by atoms with Gasteiger partial charge in [0.25, 0.3) is 0 Å². The number of hydrogen-bond donors (Lipinski definition) is 0. The van der Waals surface area contributed by atoms with Gasteiger partial charge < -0.3 is 14.0 Å². The second kappa shape index (κ2) is 6.30. The molecule has 0 saturated heterocycles. The van der Waals surface area contributed by atoms with E-state index in [9.17, 15) is 13.2 Å². The molecule has 3 nitrogen and oxygen atoms in total. The van der Waals surface area contributed by atoms with Crippen molar-refractivity contribution in [3.63, 3.8) is 0 Å². The number of alkyl halides is 3. The van der Waals surface area contributed by atoms with Crippen LogP contribution in [-0.2, 0) is 12.6 Å². The number of ether oxygens (including phenoxy) is 2. The minimum Gasteiger partial charge on any atom is -0.454 e. The summed E-state index contributed by atoms with van der Waals surface area (Å²) in [4.78, 5) is 0. The molecular weight excluding hydrogens is 355 g/mol. The van der Waals surface area contributed by atoms with Gasteiger partial charge in [0.15, 0.2) is 11.5 Å². The molecule has 2 aliphatic heterocycles. The maximum atomic E-state index is 12.7. The molecule has 2 aliphatic rings. The Morgan fingerprint density at radius 1 is 1.04 bits per heavy atom. The topological polar surface area (TPSA) is 18.5 Å². The smallest absolute Gasteiger partial charge is 0.416 e. The van der Waals surface area contributed by atoms with Crippen molar-refractivity contribution < 1.29 is 27.1 Å². The van der Waals surface area contributed by atoms with Crippen LogP contribution >= 0.6 is 0 Å². The molecule has 0 fully saturated rings. The van der Waals surface area contributed by atoms with E-state index in [0.717, 1.165) is 46.6 Å². The first kappa shape index (κ1) is 17.9. The number of benzene rings is 2. The van der Waals surface area contributed by atoms with E-state index in [1.807, 2.05) is 12.1 Å². The molecular formula is C21H21F3NO2+. The molecule has 2 heterocycles. The van der Waals surface area contributed by atoms with E-state index in [4.69, 9.17) is 9.47 Å². The first-order chi connectivity index (χ1) is 12.7. The highest BCUT2D eigenvalue weighted by molar-refractivity contribution is 5.54. The predicted molar refractivity (Wildman–Crippen MR) is 96.5 cm³/mol. The van der Waals surface area contributed by atoms with E-state index in [2.05, 4.69) is 26.2 Å². The average molecular weight is 376 g/mol. The van der Waals surface area contributed by atoms with Crippen molar-refractivity contribution in [2.24, 2.45) is 0 Å². The van der Waals surface area contributed by atoms with Gasteiger partial charge in [-0.15, -0.1) is 0 Å². The van der Waals surface area contributed by atoms with E-state index < -0.39 is 11.7 Å². The monoisotopic (exact) mass is 376 g/mol. The molecule has 27 heavy (non-hydrogen) atoms. The van der Waals surface area contributed by atoms with Crippen LogP contribution in [0.25, 0.3) is 6.08 Å². The summed E-state index contributed by atoms with van der Waals surface area (Å²) in [6.45, 7) is 1.21. The molecule has 0 aliphatic carbocycles. The SMILES string of the molecule is C[N+]1(C)CCc2cc3c(cc2C1C=Cc1ccc(C(F)(F)F)cc1)OCO3. The van der Waals surface area contributed by atoms with Crippen LogP contribution in [0.5, 0.6) is 11.5 Å². The van der Waals surface area contributed by atoms with Crippen LogP contribution in [0.4, 0.5) is 13.2 Å². The van der Waals surface area contributed by atoms with Crippen LogP contribution in [0.1, 0.15) is 28.3 Å². The molecule has 0 spiro atoms. The molecule has 0 radical (unpaired) electrons. The third-order valence-electron chi connectivity index (χ3n) is 5.37. The fourth-order valence-corrected chi connectivity index (χ4v) is 3.74. The predicted octanol–water partition coefficient (Wildman–Crippen LogP) is 4.82. The lowest BCUT2D eigenvalue weighted by Gasteiger charge is -2.41. The van der Waals surface area contributed by atoms with E-state index in [1.54, 1.807) is 0 Å². The molecule has 2 aromatic carbocycles. The first-order valence-electron chi connectivity index (χ1n) is 8.85. The molecule has 0 N–H and O–H groups in total. The number of likely N-dealkylation sites (N-methyl/N-ethyl adjacent to an activating group) is 1. The quantitative estimate of drug-likeness (QED) is 0.700. The second-order valence-electron chi connectivity index (χ2n) is 7.58. The number of quaternary nitrogens is 1. The Balaban J connectivity index is 1.65. The highest BCUT2D eigenvalue weighted by atomic mass is 19.4. The van der Waals surface area contributed by atoms with E-state index >= 15 is 0 Å². The third-order valence-corrected chi connectivity index (χ3v) is 5.37. The molecule has 6 heteroatoms. The molecule has 2 aromatic rings. The van der Waals surface area contributed by atoms with Gasteiger partial charge in [0.2, 0.25) is 6.79 Å². The van der Waals surface area contributed by atoms with Crippen LogP contribution in [0, 0.1) is 0 Å². The lowest BCUT2D eigenvalue weighted by atomic mass is 9.90. The van der Waals surface area contributed by atoms with Gasteiger partial charge in [-0.2, -0.15) is 13.2 Å². The zero-order chi connectivity index (χ0) is 19.2. The molecule has 1 atom stereocenters. The zero-order valence-electron chi connectivity index (χ0n) is 15.2. The van der Waals surface area contributed by atoms with Gasteiger partial charge in [-0.05, 0) is 41.5 Å². The highest BCUT2D eigenvalue weighted by Gasteiger charge is 2.36. The Morgan fingerprint density at radius 3 is 2.37 bits per heavy atom. The zero-order valence-corrected chi connectivity index (χ0v) is 15.2. The standard InChI is InChI=1S/C21H21F3NO2/c1-25(2)10-9-15-11-19-20(27-13-26-19)12-17(15)18(25)8-5-14-3-6-16(7-4-14)21(22,23)24/h3-8,11-12,18H,9-10,13H2,1-2H3/q+1. The fourth-order valence-electron chi connectivity index (χ4n) is 3.74. The van der Waals surface area contributed by atoms with E-state index in [0.29, 0.717) is 0 Å². The van der Waals surface area contributed by atoms with Crippen molar-refractivity contribution in [2.75, 3.05) is 27.4 Å². The molecule has 1 unspecified atom stereocenters. The molecule has 0 aromatic heterocycles. The third kappa shape index (κ3) is 3.41. The normalized spacial score (nSPS) is 20.7. The fraction of sp³-hybridized carbons (Fsp3) is 0.333. The molecule has 4 rings (SSSR count). The van der Waals surface area contributed by atoms with Crippen LogP contribution in [0.3, 0.4) is 0 Å².